The van der Waals surface area contributed by atoms with Gasteiger partial charge in [0.1, 0.15) is 0 Å². The summed E-state index contributed by atoms with van der Waals surface area (Å²) in [6.07, 6.45) is 0. The molecule has 0 saturated carbocycles. The van der Waals surface area contributed by atoms with Gasteiger partial charge in [-0.15, -0.1) is 0 Å². The number of para-hydroxylation sites is 2. The predicted molar refractivity (Wildman–Crippen MR) is 110 cm³/mol. The third-order valence-corrected chi connectivity index (χ3v) is 5.52. The van der Waals surface area contributed by atoms with Gasteiger partial charge >= 0.3 is 5.69 Å². The highest BCUT2D eigenvalue weighted by atomic mass is 32.2. The molecule has 0 aliphatic heterocycles. The summed E-state index contributed by atoms with van der Waals surface area (Å²) in [4.78, 5) is 29.2. The summed E-state index contributed by atoms with van der Waals surface area (Å²) in [5.74, 6) is 0. The number of nitro groups is 1. The van der Waals surface area contributed by atoms with Crippen molar-refractivity contribution in [3.63, 3.8) is 0 Å². The van der Waals surface area contributed by atoms with Crippen molar-refractivity contribution in [3.05, 3.63) is 87.2 Å². The van der Waals surface area contributed by atoms with Crippen molar-refractivity contribution in [2.45, 2.75) is 10.1 Å². The molecular formula is C20H11N5O4S. The van der Waals surface area contributed by atoms with Crippen LogP contribution in [0.25, 0.3) is 27.6 Å². The summed E-state index contributed by atoms with van der Waals surface area (Å²) in [5, 5.41) is 19.6. The molecule has 0 bridgehead atoms. The Morgan fingerprint density at radius 1 is 0.933 bits per heavy atom. The molecular weight excluding hydrogens is 406 g/mol. The van der Waals surface area contributed by atoms with Gasteiger partial charge in [0.15, 0.2) is 10.7 Å². The Morgan fingerprint density at radius 3 is 2.47 bits per heavy atom. The highest BCUT2D eigenvalue weighted by molar-refractivity contribution is 7.99. The average Bonchev–Trinajstić information content (AvgIpc) is 3.25. The summed E-state index contributed by atoms with van der Waals surface area (Å²) in [5.41, 5.74) is 1.05. The fraction of sp³-hybridized carbons (Fsp3) is 0. The van der Waals surface area contributed by atoms with E-state index in [2.05, 4.69) is 15.3 Å². The second-order valence-electron chi connectivity index (χ2n) is 6.29. The van der Waals surface area contributed by atoms with Crippen LogP contribution in [0.3, 0.4) is 0 Å². The van der Waals surface area contributed by atoms with Gasteiger partial charge in [-0.05, 0) is 52.4 Å². The van der Waals surface area contributed by atoms with Gasteiger partial charge in [-0.25, -0.2) is 9.61 Å². The number of benzene rings is 3. The number of rotatable bonds is 4. The van der Waals surface area contributed by atoms with Gasteiger partial charge in [-0.1, -0.05) is 30.3 Å². The van der Waals surface area contributed by atoms with Crippen LogP contribution in [0, 0.1) is 10.1 Å². The summed E-state index contributed by atoms with van der Waals surface area (Å²) >= 11 is 1.16. The van der Waals surface area contributed by atoms with E-state index in [-0.39, 0.29) is 22.3 Å². The minimum Gasteiger partial charge on any atom is -0.268 e. The first-order valence-electron chi connectivity index (χ1n) is 8.78. The lowest BCUT2D eigenvalue weighted by Crippen LogP contribution is -2.21. The van der Waals surface area contributed by atoms with E-state index < -0.39 is 4.92 Å². The monoisotopic (exact) mass is 417 g/mol. The van der Waals surface area contributed by atoms with Gasteiger partial charge < -0.3 is 0 Å². The predicted octanol–water partition coefficient (Wildman–Crippen LogP) is 3.98. The lowest BCUT2D eigenvalue weighted by Gasteiger charge is -2.13. The van der Waals surface area contributed by atoms with E-state index >= 15 is 0 Å². The molecule has 0 spiro atoms. The van der Waals surface area contributed by atoms with Crippen LogP contribution in [0.4, 0.5) is 5.69 Å². The van der Waals surface area contributed by atoms with Gasteiger partial charge in [0, 0.05) is 11.0 Å². The van der Waals surface area contributed by atoms with Crippen LogP contribution in [0.15, 0.2) is 86.2 Å². The molecule has 146 valence electrons. The lowest BCUT2D eigenvalue weighted by atomic mass is 10.2. The maximum atomic E-state index is 13.3. The number of fused-ring (bicyclic) bond motifs is 2. The Morgan fingerprint density at radius 2 is 1.67 bits per heavy atom. The van der Waals surface area contributed by atoms with E-state index in [0.717, 1.165) is 11.8 Å². The Kier molecular flexibility index (Phi) is 4.25. The molecule has 2 heterocycles. The number of nitrogens with zero attached hydrogens (tertiary/aromatic N) is 5. The van der Waals surface area contributed by atoms with Gasteiger partial charge in [0.2, 0.25) is 5.52 Å². The molecule has 0 aliphatic carbocycles. The van der Waals surface area contributed by atoms with Crippen molar-refractivity contribution in [3.8, 4) is 5.69 Å². The molecule has 0 aliphatic rings. The normalized spacial score (nSPS) is 11.2. The minimum absolute atomic E-state index is 0.0411. The molecule has 0 N–H and O–H groups in total. The zero-order valence-corrected chi connectivity index (χ0v) is 15.9. The molecule has 0 radical (unpaired) electrons. The van der Waals surface area contributed by atoms with E-state index in [1.807, 2.05) is 36.4 Å². The van der Waals surface area contributed by atoms with Gasteiger partial charge in [0.25, 0.3) is 5.56 Å². The Bertz CT molecular complexity index is 1480. The molecule has 0 atom stereocenters. The molecule has 0 amide bonds. The Balaban J connectivity index is 1.75. The van der Waals surface area contributed by atoms with Crippen molar-refractivity contribution in [2.24, 2.45) is 0 Å². The first-order valence-corrected chi connectivity index (χ1v) is 9.60. The Labute approximate surface area is 172 Å². The van der Waals surface area contributed by atoms with Crippen LogP contribution in [0.1, 0.15) is 0 Å². The second-order valence-corrected chi connectivity index (χ2v) is 7.30. The largest absolute Gasteiger partial charge is 0.300 e. The highest BCUT2D eigenvalue weighted by Crippen LogP contribution is 2.35. The first-order chi connectivity index (χ1) is 14.6. The van der Waals surface area contributed by atoms with Gasteiger partial charge in [-0.3, -0.25) is 19.5 Å². The zero-order chi connectivity index (χ0) is 20.7. The molecule has 0 saturated heterocycles. The van der Waals surface area contributed by atoms with E-state index in [0.29, 0.717) is 26.6 Å². The van der Waals surface area contributed by atoms with E-state index in [9.17, 15) is 14.9 Å². The fourth-order valence-corrected chi connectivity index (χ4v) is 4.13. The zero-order valence-electron chi connectivity index (χ0n) is 15.1. The number of hydrogen-bond acceptors (Lipinski definition) is 8. The molecule has 9 nitrogen and oxygen atoms in total. The van der Waals surface area contributed by atoms with Crippen LogP contribution >= 0.6 is 11.8 Å². The molecule has 10 heteroatoms. The molecule has 5 rings (SSSR count). The van der Waals surface area contributed by atoms with Crippen molar-refractivity contribution in [1.82, 2.24) is 19.9 Å². The molecule has 30 heavy (non-hydrogen) atoms. The second kappa shape index (κ2) is 7.08. The standard InChI is InChI=1S/C20H11N5O4S/c26-19-13-8-4-5-9-14(13)21-20(24(19)12-6-2-1-3-7-12)30-16-11-10-15(25(27)28)17-18(16)23-29-22-17/h1-11H. The van der Waals surface area contributed by atoms with E-state index in [1.54, 1.807) is 24.3 Å². The maximum absolute atomic E-state index is 13.3. The molecule has 0 fully saturated rings. The summed E-state index contributed by atoms with van der Waals surface area (Å²) in [6.45, 7) is 0. The van der Waals surface area contributed by atoms with Crippen molar-refractivity contribution in [2.75, 3.05) is 0 Å². The SMILES string of the molecule is O=c1c2ccccc2nc(Sc2ccc([N+](=O)[O-])c3nonc23)n1-c1ccccc1. The van der Waals surface area contributed by atoms with Crippen molar-refractivity contribution >= 4 is 39.4 Å². The number of aromatic nitrogens is 4. The Hall–Kier alpha value is -4.05. The minimum atomic E-state index is -0.546. The first kappa shape index (κ1) is 18.0. The van der Waals surface area contributed by atoms with Crippen LogP contribution in [-0.2, 0) is 0 Å². The molecule has 0 unspecified atom stereocenters. The lowest BCUT2D eigenvalue weighted by molar-refractivity contribution is -0.383. The van der Waals surface area contributed by atoms with Gasteiger partial charge in [0.05, 0.1) is 21.5 Å². The van der Waals surface area contributed by atoms with Crippen LogP contribution in [0.5, 0.6) is 0 Å². The molecule has 2 aromatic heterocycles. The van der Waals surface area contributed by atoms with Crippen molar-refractivity contribution in [1.29, 1.82) is 0 Å². The third kappa shape index (κ3) is 2.90. The summed E-state index contributed by atoms with van der Waals surface area (Å²) in [7, 11) is 0. The fourth-order valence-electron chi connectivity index (χ4n) is 3.14. The number of nitro benzene ring substituents is 1. The summed E-state index contributed by atoms with van der Waals surface area (Å²) < 4.78 is 6.24. The topological polar surface area (TPSA) is 117 Å². The molecule has 5 aromatic rings. The highest BCUT2D eigenvalue weighted by Gasteiger charge is 2.22. The van der Waals surface area contributed by atoms with Gasteiger partial charge in [-0.2, -0.15) is 0 Å². The van der Waals surface area contributed by atoms with E-state index in [1.165, 1.54) is 10.6 Å². The molecule has 3 aromatic carbocycles. The number of non-ortho nitro benzene ring substituents is 1. The smallest absolute Gasteiger partial charge is 0.268 e. The number of hydrogen-bond donors (Lipinski definition) is 0. The van der Waals surface area contributed by atoms with Crippen LogP contribution in [0.2, 0.25) is 0 Å². The summed E-state index contributed by atoms with van der Waals surface area (Å²) in [6, 6.07) is 19.1. The maximum Gasteiger partial charge on any atom is 0.300 e. The third-order valence-electron chi connectivity index (χ3n) is 4.51. The van der Waals surface area contributed by atoms with Crippen LogP contribution in [-0.4, -0.2) is 24.8 Å². The van der Waals surface area contributed by atoms with E-state index in [4.69, 9.17) is 4.63 Å². The van der Waals surface area contributed by atoms with Crippen LogP contribution < -0.4 is 5.56 Å². The average molecular weight is 417 g/mol. The van der Waals surface area contributed by atoms with Crippen molar-refractivity contribution < 1.29 is 9.55 Å². The quantitative estimate of drug-likeness (QED) is 0.245.